The fourth-order valence-electron chi connectivity index (χ4n) is 3.12. The number of urea groups is 1. The molecule has 1 saturated heterocycles. The van der Waals surface area contributed by atoms with E-state index >= 15 is 0 Å². The molecular formula is C19H18BrN3O4. The summed E-state index contributed by atoms with van der Waals surface area (Å²) in [4.78, 5) is 28.2. The molecule has 2 aliphatic rings. The van der Waals surface area contributed by atoms with Gasteiger partial charge in [0, 0.05) is 35.0 Å². The summed E-state index contributed by atoms with van der Waals surface area (Å²) >= 11 is 3.43. The maximum Gasteiger partial charge on any atom is 0.325 e. The SMILES string of the molecule is Cc1cc(NC(=O)CN2CCN(c3ccc4c(c3)OCO4)C2=O)ccc1Br. The summed E-state index contributed by atoms with van der Waals surface area (Å²) in [6.45, 7) is 3.15. The van der Waals surface area contributed by atoms with E-state index in [1.165, 1.54) is 4.90 Å². The van der Waals surface area contributed by atoms with Gasteiger partial charge in [-0.3, -0.25) is 9.69 Å². The molecule has 2 aromatic rings. The molecule has 2 aliphatic heterocycles. The number of hydrogen-bond donors (Lipinski definition) is 1. The highest BCUT2D eigenvalue weighted by atomic mass is 79.9. The number of benzene rings is 2. The summed E-state index contributed by atoms with van der Waals surface area (Å²) in [5, 5.41) is 2.84. The number of carbonyl (C=O) groups is 2. The molecule has 0 spiro atoms. The Bertz CT molecular complexity index is 918. The second-order valence-electron chi connectivity index (χ2n) is 6.41. The van der Waals surface area contributed by atoms with Crippen molar-refractivity contribution in [1.29, 1.82) is 0 Å². The van der Waals surface area contributed by atoms with E-state index in [2.05, 4.69) is 21.2 Å². The van der Waals surface area contributed by atoms with Crippen LogP contribution in [0.3, 0.4) is 0 Å². The molecular weight excluding hydrogens is 414 g/mol. The van der Waals surface area contributed by atoms with E-state index in [0.717, 1.165) is 15.7 Å². The predicted molar refractivity (Wildman–Crippen MR) is 104 cm³/mol. The monoisotopic (exact) mass is 431 g/mol. The van der Waals surface area contributed by atoms with Crippen LogP contribution in [0.1, 0.15) is 5.56 Å². The summed E-state index contributed by atoms with van der Waals surface area (Å²) in [6.07, 6.45) is 0. The third-order valence-electron chi connectivity index (χ3n) is 4.54. The molecule has 4 rings (SSSR count). The first kappa shape index (κ1) is 17.7. The standard InChI is InChI=1S/C19H18BrN3O4/c1-12-8-13(2-4-15(12)20)21-18(24)10-22-6-7-23(19(22)25)14-3-5-16-17(9-14)27-11-26-16/h2-5,8-9H,6-7,10-11H2,1H3,(H,21,24). The molecule has 8 heteroatoms. The number of rotatable bonds is 4. The molecule has 7 nitrogen and oxygen atoms in total. The summed E-state index contributed by atoms with van der Waals surface area (Å²) in [5.41, 5.74) is 2.47. The predicted octanol–water partition coefficient (Wildman–Crippen LogP) is 3.37. The lowest BCUT2D eigenvalue weighted by molar-refractivity contribution is -0.116. The number of nitrogens with zero attached hydrogens (tertiary/aromatic N) is 2. The van der Waals surface area contributed by atoms with Crippen molar-refractivity contribution in [3.63, 3.8) is 0 Å². The van der Waals surface area contributed by atoms with E-state index in [4.69, 9.17) is 9.47 Å². The largest absolute Gasteiger partial charge is 0.454 e. The number of amides is 3. The third kappa shape index (κ3) is 3.57. The molecule has 2 aromatic carbocycles. The van der Waals surface area contributed by atoms with Crippen LogP contribution < -0.4 is 19.7 Å². The molecule has 1 fully saturated rings. The van der Waals surface area contributed by atoms with Gasteiger partial charge in [-0.05, 0) is 42.8 Å². The number of aryl methyl sites for hydroxylation is 1. The van der Waals surface area contributed by atoms with Gasteiger partial charge in [-0.2, -0.15) is 0 Å². The van der Waals surface area contributed by atoms with Gasteiger partial charge >= 0.3 is 6.03 Å². The van der Waals surface area contributed by atoms with E-state index in [1.54, 1.807) is 17.0 Å². The van der Waals surface area contributed by atoms with Crippen LogP contribution in [0.2, 0.25) is 0 Å². The normalized spacial score (nSPS) is 15.4. The number of nitrogens with one attached hydrogen (secondary N) is 1. The molecule has 0 radical (unpaired) electrons. The van der Waals surface area contributed by atoms with Gasteiger partial charge in [0.1, 0.15) is 6.54 Å². The van der Waals surface area contributed by atoms with Gasteiger partial charge in [-0.25, -0.2) is 4.79 Å². The van der Waals surface area contributed by atoms with Crippen molar-refractivity contribution in [2.24, 2.45) is 0 Å². The highest BCUT2D eigenvalue weighted by Crippen LogP contribution is 2.36. The Balaban J connectivity index is 1.40. The Morgan fingerprint density at radius 1 is 1.15 bits per heavy atom. The van der Waals surface area contributed by atoms with Crippen LogP contribution in [0.25, 0.3) is 0 Å². The van der Waals surface area contributed by atoms with E-state index in [-0.39, 0.29) is 25.3 Å². The molecule has 0 atom stereocenters. The van der Waals surface area contributed by atoms with Crippen molar-refractivity contribution in [3.8, 4) is 11.5 Å². The second kappa shape index (κ2) is 7.11. The highest BCUT2D eigenvalue weighted by Gasteiger charge is 2.31. The van der Waals surface area contributed by atoms with E-state index in [0.29, 0.717) is 30.3 Å². The Morgan fingerprint density at radius 3 is 2.78 bits per heavy atom. The van der Waals surface area contributed by atoms with Crippen LogP contribution in [-0.4, -0.2) is 43.3 Å². The first-order valence-electron chi connectivity index (χ1n) is 8.53. The van der Waals surface area contributed by atoms with Crippen molar-refractivity contribution in [3.05, 3.63) is 46.4 Å². The van der Waals surface area contributed by atoms with Crippen LogP contribution in [0.15, 0.2) is 40.9 Å². The van der Waals surface area contributed by atoms with Crippen molar-refractivity contribution in [1.82, 2.24) is 4.90 Å². The minimum absolute atomic E-state index is 0.00893. The van der Waals surface area contributed by atoms with Crippen molar-refractivity contribution in [2.75, 3.05) is 36.6 Å². The highest BCUT2D eigenvalue weighted by molar-refractivity contribution is 9.10. The number of halogens is 1. The first-order valence-corrected chi connectivity index (χ1v) is 9.32. The maximum absolute atomic E-state index is 12.7. The van der Waals surface area contributed by atoms with E-state index < -0.39 is 0 Å². The summed E-state index contributed by atoms with van der Waals surface area (Å²) in [5.74, 6) is 1.08. The number of hydrogen-bond acceptors (Lipinski definition) is 4. The summed E-state index contributed by atoms with van der Waals surface area (Å²) in [7, 11) is 0. The lowest BCUT2D eigenvalue weighted by Gasteiger charge is -2.19. The number of fused-ring (bicyclic) bond motifs is 1. The zero-order valence-electron chi connectivity index (χ0n) is 14.7. The molecule has 0 unspecified atom stereocenters. The number of anilines is 2. The summed E-state index contributed by atoms with van der Waals surface area (Å²) in [6, 6.07) is 10.8. The lowest BCUT2D eigenvalue weighted by Crippen LogP contribution is -2.37. The minimum atomic E-state index is -0.224. The second-order valence-corrected chi connectivity index (χ2v) is 7.26. The summed E-state index contributed by atoms with van der Waals surface area (Å²) < 4.78 is 11.6. The molecule has 0 bridgehead atoms. The van der Waals surface area contributed by atoms with Gasteiger partial charge in [0.2, 0.25) is 12.7 Å². The van der Waals surface area contributed by atoms with E-state index in [9.17, 15) is 9.59 Å². The van der Waals surface area contributed by atoms with Gasteiger partial charge in [0.25, 0.3) is 0 Å². The van der Waals surface area contributed by atoms with Gasteiger partial charge in [0.05, 0.1) is 0 Å². The van der Waals surface area contributed by atoms with Crippen LogP contribution in [0, 0.1) is 6.92 Å². The maximum atomic E-state index is 12.7. The zero-order chi connectivity index (χ0) is 19.0. The fraction of sp³-hybridized carbons (Fsp3) is 0.263. The molecule has 140 valence electrons. The van der Waals surface area contributed by atoms with Crippen LogP contribution in [-0.2, 0) is 4.79 Å². The van der Waals surface area contributed by atoms with Gasteiger partial charge in [0.15, 0.2) is 11.5 Å². The zero-order valence-corrected chi connectivity index (χ0v) is 16.3. The first-order chi connectivity index (χ1) is 13.0. The minimum Gasteiger partial charge on any atom is -0.454 e. The Hall–Kier alpha value is -2.74. The average molecular weight is 432 g/mol. The lowest BCUT2D eigenvalue weighted by atomic mass is 10.2. The topological polar surface area (TPSA) is 71.1 Å². The van der Waals surface area contributed by atoms with Crippen LogP contribution in [0.5, 0.6) is 11.5 Å². The van der Waals surface area contributed by atoms with Gasteiger partial charge < -0.3 is 19.7 Å². The van der Waals surface area contributed by atoms with Crippen LogP contribution >= 0.6 is 15.9 Å². The third-order valence-corrected chi connectivity index (χ3v) is 5.43. The molecule has 0 aliphatic carbocycles. The molecule has 0 aromatic heterocycles. The molecule has 27 heavy (non-hydrogen) atoms. The number of carbonyl (C=O) groups excluding carboxylic acids is 2. The van der Waals surface area contributed by atoms with Gasteiger partial charge in [-0.1, -0.05) is 15.9 Å². The average Bonchev–Trinajstić information content (AvgIpc) is 3.24. The Labute approximate surface area is 165 Å². The molecule has 2 heterocycles. The quantitative estimate of drug-likeness (QED) is 0.805. The number of ether oxygens (including phenoxy) is 2. The molecule has 1 N–H and O–H groups in total. The molecule has 3 amide bonds. The van der Waals surface area contributed by atoms with Gasteiger partial charge in [-0.15, -0.1) is 0 Å². The van der Waals surface area contributed by atoms with Crippen molar-refractivity contribution >= 4 is 39.2 Å². The Kier molecular flexibility index (Phi) is 4.65. The Morgan fingerprint density at radius 2 is 1.96 bits per heavy atom. The fourth-order valence-corrected chi connectivity index (χ4v) is 3.36. The van der Waals surface area contributed by atoms with E-state index in [1.807, 2.05) is 31.2 Å². The van der Waals surface area contributed by atoms with Crippen molar-refractivity contribution in [2.45, 2.75) is 6.92 Å². The van der Waals surface area contributed by atoms with Crippen molar-refractivity contribution < 1.29 is 19.1 Å². The molecule has 0 saturated carbocycles. The smallest absolute Gasteiger partial charge is 0.325 e. The van der Waals surface area contributed by atoms with Crippen LogP contribution in [0.4, 0.5) is 16.2 Å².